The lowest BCUT2D eigenvalue weighted by atomic mass is 10.2. The molecule has 0 aliphatic heterocycles. The Labute approximate surface area is 123 Å². The first-order chi connectivity index (χ1) is 9.50. The number of halogens is 1. The number of hydrogen-bond acceptors (Lipinski definition) is 4. The molecular weight excluding hydrogens is 300 g/mol. The van der Waals surface area contributed by atoms with Gasteiger partial charge in [0.25, 0.3) is 0 Å². The molecule has 1 heterocycles. The average molecular weight is 315 g/mol. The Morgan fingerprint density at radius 3 is 2.90 bits per heavy atom. The third-order valence-electron chi connectivity index (χ3n) is 2.93. The van der Waals surface area contributed by atoms with Crippen LogP contribution in [0.15, 0.2) is 40.1 Å². The van der Waals surface area contributed by atoms with Crippen molar-refractivity contribution in [3.05, 3.63) is 46.8 Å². The highest BCUT2D eigenvalue weighted by atomic mass is 35.5. The van der Waals surface area contributed by atoms with E-state index in [1.807, 2.05) is 0 Å². The lowest BCUT2D eigenvalue weighted by Crippen LogP contribution is -2.25. The van der Waals surface area contributed by atoms with Crippen molar-refractivity contribution < 1.29 is 12.9 Å². The van der Waals surface area contributed by atoms with Crippen LogP contribution in [-0.2, 0) is 16.4 Å². The molecule has 0 aliphatic carbocycles. The molecule has 1 N–H and O–H groups in total. The predicted molar refractivity (Wildman–Crippen MR) is 76.2 cm³/mol. The first kappa shape index (κ1) is 15.0. The quantitative estimate of drug-likeness (QED) is 0.832. The summed E-state index contributed by atoms with van der Waals surface area (Å²) in [5.74, 6) is 0. The van der Waals surface area contributed by atoms with Gasteiger partial charge in [0.1, 0.15) is 6.26 Å². The molecule has 2 aromatic rings. The molecule has 0 spiro atoms. The number of sulfonamides is 1. The average Bonchev–Trinajstić information content (AvgIpc) is 2.91. The number of nitrogens with one attached hydrogen (secondary N) is 1. The number of benzene rings is 1. The largest absolute Gasteiger partial charge is 0.364 e. The molecule has 0 atom stereocenters. The monoisotopic (exact) mass is 314 g/mol. The number of hydrogen-bond donors (Lipinski definition) is 1. The molecule has 1 aromatic carbocycles. The van der Waals surface area contributed by atoms with E-state index in [9.17, 15) is 8.42 Å². The van der Waals surface area contributed by atoms with Crippen molar-refractivity contribution in [3.8, 4) is 0 Å². The van der Waals surface area contributed by atoms with Gasteiger partial charge in [-0.15, -0.1) is 0 Å². The van der Waals surface area contributed by atoms with Crippen LogP contribution in [0.1, 0.15) is 17.5 Å². The molecule has 0 fully saturated rings. The lowest BCUT2D eigenvalue weighted by molar-refractivity contribution is 0.418. The minimum atomic E-state index is -3.53. The van der Waals surface area contributed by atoms with Gasteiger partial charge >= 0.3 is 0 Å². The minimum absolute atomic E-state index is 0.218. The van der Waals surface area contributed by atoms with Gasteiger partial charge in [0.15, 0.2) is 0 Å². The van der Waals surface area contributed by atoms with Crippen molar-refractivity contribution >= 4 is 21.6 Å². The molecule has 5 nitrogen and oxygen atoms in total. The summed E-state index contributed by atoms with van der Waals surface area (Å²) in [5, 5.41) is 4.03. The summed E-state index contributed by atoms with van der Waals surface area (Å²) >= 11 is 5.94. The summed E-state index contributed by atoms with van der Waals surface area (Å²) in [6, 6.07) is 4.84. The van der Waals surface area contributed by atoms with Gasteiger partial charge in [0.2, 0.25) is 10.0 Å². The summed E-state index contributed by atoms with van der Waals surface area (Å²) < 4.78 is 31.6. The maximum Gasteiger partial charge on any atom is 0.240 e. The van der Waals surface area contributed by atoms with E-state index in [2.05, 4.69) is 9.88 Å². The van der Waals surface area contributed by atoms with E-state index in [0.29, 0.717) is 30.0 Å². The van der Waals surface area contributed by atoms with Gasteiger partial charge in [-0.2, -0.15) is 0 Å². The second-order valence-corrected chi connectivity index (χ2v) is 6.54. The van der Waals surface area contributed by atoms with Crippen molar-refractivity contribution in [2.45, 2.75) is 24.7 Å². The fraction of sp³-hybridized carbons (Fsp3) is 0.308. The number of rotatable bonds is 6. The highest BCUT2D eigenvalue weighted by Gasteiger charge is 2.17. The highest BCUT2D eigenvalue weighted by molar-refractivity contribution is 7.89. The maximum absolute atomic E-state index is 12.2. The van der Waals surface area contributed by atoms with Crippen LogP contribution in [0.25, 0.3) is 0 Å². The van der Waals surface area contributed by atoms with Gasteiger partial charge in [-0.05, 0) is 37.5 Å². The predicted octanol–water partition coefficient (Wildman–Crippen LogP) is 2.55. The van der Waals surface area contributed by atoms with E-state index in [1.54, 1.807) is 37.6 Å². The zero-order valence-corrected chi connectivity index (χ0v) is 12.5. The lowest BCUT2D eigenvalue weighted by Gasteiger charge is -2.09. The normalized spacial score (nSPS) is 11.7. The fourth-order valence-electron chi connectivity index (χ4n) is 1.81. The molecule has 108 valence electrons. The van der Waals surface area contributed by atoms with Crippen LogP contribution in [0.2, 0.25) is 5.02 Å². The van der Waals surface area contributed by atoms with Crippen LogP contribution >= 0.6 is 11.6 Å². The highest BCUT2D eigenvalue weighted by Crippen LogP contribution is 2.22. The van der Waals surface area contributed by atoms with Crippen LogP contribution in [0, 0.1) is 6.92 Å². The van der Waals surface area contributed by atoms with E-state index in [1.165, 1.54) is 0 Å². The van der Waals surface area contributed by atoms with Crippen LogP contribution < -0.4 is 4.72 Å². The number of aromatic nitrogens is 1. The van der Waals surface area contributed by atoms with E-state index in [0.717, 1.165) is 5.56 Å². The Balaban J connectivity index is 1.95. The Morgan fingerprint density at radius 1 is 1.40 bits per heavy atom. The van der Waals surface area contributed by atoms with Gasteiger partial charge in [0.05, 0.1) is 11.1 Å². The molecule has 0 saturated heterocycles. The molecule has 0 aliphatic rings. The van der Waals surface area contributed by atoms with Crippen molar-refractivity contribution in [1.29, 1.82) is 0 Å². The summed E-state index contributed by atoms with van der Waals surface area (Å²) in [6.07, 6.45) is 4.55. The van der Waals surface area contributed by atoms with Crippen LogP contribution in [-0.4, -0.2) is 20.1 Å². The molecule has 20 heavy (non-hydrogen) atoms. The van der Waals surface area contributed by atoms with Gasteiger partial charge in [-0.3, -0.25) is 0 Å². The number of nitrogens with zero attached hydrogens (tertiary/aromatic N) is 1. The van der Waals surface area contributed by atoms with E-state index < -0.39 is 10.0 Å². The topological polar surface area (TPSA) is 72.2 Å². The van der Waals surface area contributed by atoms with E-state index in [-0.39, 0.29) is 4.90 Å². The summed E-state index contributed by atoms with van der Waals surface area (Å²) in [6.45, 7) is 2.04. The van der Waals surface area contributed by atoms with Gasteiger partial charge in [0, 0.05) is 17.1 Å². The summed E-state index contributed by atoms with van der Waals surface area (Å²) in [4.78, 5) is 0.218. The first-order valence-corrected chi connectivity index (χ1v) is 8.00. The number of aryl methyl sites for hydroxylation is 1. The minimum Gasteiger partial charge on any atom is -0.364 e. The smallest absolute Gasteiger partial charge is 0.240 e. The van der Waals surface area contributed by atoms with Crippen LogP contribution in [0.5, 0.6) is 0 Å². The van der Waals surface area contributed by atoms with E-state index in [4.69, 9.17) is 16.1 Å². The van der Waals surface area contributed by atoms with Crippen molar-refractivity contribution in [2.24, 2.45) is 0 Å². The fourth-order valence-corrected chi connectivity index (χ4v) is 3.38. The zero-order valence-electron chi connectivity index (χ0n) is 11.0. The molecular formula is C13H15ClN2O3S. The summed E-state index contributed by atoms with van der Waals surface area (Å²) in [7, 11) is -3.53. The third kappa shape index (κ3) is 3.59. The second-order valence-electron chi connectivity index (χ2n) is 4.40. The Morgan fingerprint density at radius 2 is 2.20 bits per heavy atom. The molecule has 0 saturated carbocycles. The van der Waals surface area contributed by atoms with Crippen molar-refractivity contribution in [2.75, 3.05) is 6.54 Å². The van der Waals surface area contributed by atoms with Crippen molar-refractivity contribution in [3.63, 3.8) is 0 Å². The van der Waals surface area contributed by atoms with Gasteiger partial charge in [-0.1, -0.05) is 22.8 Å². The molecule has 0 radical (unpaired) electrons. The third-order valence-corrected chi connectivity index (χ3v) is 4.94. The SMILES string of the molecule is Cc1c(Cl)cccc1S(=O)(=O)NCCCc1cnoc1. The molecule has 7 heteroatoms. The standard InChI is InChI=1S/C13H15ClN2O3S/c1-10-12(14)5-2-6-13(10)20(17,18)16-7-3-4-11-8-15-19-9-11/h2,5-6,8-9,16H,3-4,7H2,1H3. The Hall–Kier alpha value is -1.37. The molecule has 0 amide bonds. The van der Waals surface area contributed by atoms with Crippen molar-refractivity contribution in [1.82, 2.24) is 9.88 Å². The van der Waals surface area contributed by atoms with Crippen LogP contribution in [0.4, 0.5) is 0 Å². The van der Waals surface area contributed by atoms with Gasteiger partial charge in [-0.25, -0.2) is 13.1 Å². The molecule has 2 rings (SSSR count). The Kier molecular flexibility index (Phi) is 4.80. The first-order valence-electron chi connectivity index (χ1n) is 6.14. The zero-order chi connectivity index (χ0) is 14.6. The molecule has 1 aromatic heterocycles. The molecule has 0 bridgehead atoms. The maximum atomic E-state index is 12.2. The van der Waals surface area contributed by atoms with Gasteiger partial charge < -0.3 is 4.52 Å². The molecule has 0 unspecified atom stereocenters. The van der Waals surface area contributed by atoms with Crippen LogP contribution in [0.3, 0.4) is 0 Å². The Bertz CT molecular complexity index is 669. The second kappa shape index (κ2) is 6.39. The van der Waals surface area contributed by atoms with E-state index >= 15 is 0 Å². The summed E-state index contributed by atoms with van der Waals surface area (Å²) in [5.41, 5.74) is 1.50.